The topological polar surface area (TPSA) is 56.5 Å². The highest BCUT2D eigenvalue weighted by Crippen LogP contribution is 2.42. The molecule has 0 amide bonds. The quantitative estimate of drug-likeness (QED) is 0.644. The van der Waals surface area contributed by atoms with Gasteiger partial charge < -0.3 is 9.47 Å². The third-order valence-corrected chi connectivity index (χ3v) is 5.25. The van der Waals surface area contributed by atoms with E-state index in [1.54, 1.807) is 6.07 Å². The van der Waals surface area contributed by atoms with Crippen molar-refractivity contribution >= 4 is 15.9 Å². The molecule has 2 aliphatic heterocycles. The predicted molar refractivity (Wildman–Crippen MR) is 81.0 cm³/mol. The Hall–Kier alpha value is -0.530. The van der Waals surface area contributed by atoms with E-state index in [2.05, 4.69) is 21.4 Å². The van der Waals surface area contributed by atoms with Crippen LogP contribution in [0.25, 0.3) is 0 Å². The lowest BCUT2D eigenvalue weighted by atomic mass is 9.79. The second kappa shape index (κ2) is 6.30. The van der Waals surface area contributed by atoms with Gasteiger partial charge in [0.25, 0.3) is 0 Å². The number of hydrogen-bond acceptors (Lipinski definition) is 4. The van der Waals surface area contributed by atoms with Crippen LogP contribution in [0, 0.1) is 11.7 Å². The fraction of sp³-hybridized carbons (Fsp3) is 0.600. The minimum absolute atomic E-state index is 0.213. The molecule has 3 atom stereocenters. The zero-order chi connectivity index (χ0) is 14.9. The molecule has 1 spiro atoms. The van der Waals surface area contributed by atoms with E-state index >= 15 is 0 Å². The second-order valence-corrected chi connectivity index (χ2v) is 6.72. The molecule has 116 valence electrons. The molecule has 3 unspecified atom stereocenters. The summed E-state index contributed by atoms with van der Waals surface area (Å²) in [5.41, 5.74) is 3.20. The molecule has 0 saturated carbocycles. The van der Waals surface area contributed by atoms with Gasteiger partial charge in [-0.3, -0.25) is 11.3 Å². The number of benzene rings is 1. The standard InChI is InChI=1S/C15H20BrFN2O2/c16-11-2-1-3-12(17)13(11)14(19-18)10-4-6-21-15(8-10)5-7-20-9-15/h1-3,10,14,19H,4-9,18H2. The van der Waals surface area contributed by atoms with Crippen LogP contribution in [0.5, 0.6) is 0 Å². The van der Waals surface area contributed by atoms with Gasteiger partial charge in [-0.1, -0.05) is 22.0 Å². The van der Waals surface area contributed by atoms with Crippen molar-refractivity contribution in [3.8, 4) is 0 Å². The van der Waals surface area contributed by atoms with Crippen molar-refractivity contribution in [2.75, 3.05) is 19.8 Å². The monoisotopic (exact) mass is 358 g/mol. The first-order valence-electron chi connectivity index (χ1n) is 7.27. The van der Waals surface area contributed by atoms with E-state index in [1.807, 2.05) is 6.07 Å². The van der Waals surface area contributed by atoms with E-state index in [9.17, 15) is 4.39 Å². The summed E-state index contributed by atoms with van der Waals surface area (Å²) in [6.45, 7) is 2.02. The van der Waals surface area contributed by atoms with Gasteiger partial charge in [0, 0.05) is 29.7 Å². The number of nitrogens with two attached hydrogens (primary N) is 1. The van der Waals surface area contributed by atoms with Crippen LogP contribution in [0.3, 0.4) is 0 Å². The SMILES string of the molecule is NNC(c1c(F)cccc1Br)C1CCOC2(CCOC2)C1. The lowest BCUT2D eigenvalue weighted by Crippen LogP contribution is -2.45. The number of nitrogens with one attached hydrogen (secondary N) is 1. The van der Waals surface area contributed by atoms with Crippen molar-refractivity contribution in [3.05, 3.63) is 34.1 Å². The molecule has 0 aromatic heterocycles. The van der Waals surface area contributed by atoms with E-state index in [4.69, 9.17) is 15.3 Å². The van der Waals surface area contributed by atoms with Crippen molar-refractivity contribution in [1.29, 1.82) is 0 Å². The normalized spacial score (nSPS) is 30.7. The van der Waals surface area contributed by atoms with Gasteiger partial charge in [0.05, 0.1) is 18.2 Å². The van der Waals surface area contributed by atoms with Crippen LogP contribution in [-0.2, 0) is 9.47 Å². The van der Waals surface area contributed by atoms with Crippen molar-refractivity contribution in [2.45, 2.75) is 30.9 Å². The fourth-order valence-electron chi connectivity index (χ4n) is 3.48. The van der Waals surface area contributed by atoms with E-state index < -0.39 is 0 Å². The van der Waals surface area contributed by atoms with E-state index in [0.29, 0.717) is 18.8 Å². The van der Waals surface area contributed by atoms with Crippen LogP contribution in [0.15, 0.2) is 22.7 Å². The molecule has 3 rings (SSSR count). The van der Waals surface area contributed by atoms with Crippen molar-refractivity contribution in [2.24, 2.45) is 11.8 Å². The summed E-state index contributed by atoms with van der Waals surface area (Å²) in [4.78, 5) is 0. The molecule has 4 nitrogen and oxygen atoms in total. The summed E-state index contributed by atoms with van der Waals surface area (Å²) in [5.74, 6) is 5.73. The molecule has 1 aromatic rings. The molecule has 0 bridgehead atoms. The van der Waals surface area contributed by atoms with Crippen LogP contribution in [-0.4, -0.2) is 25.4 Å². The molecule has 0 aliphatic carbocycles. The second-order valence-electron chi connectivity index (χ2n) is 5.87. The maximum Gasteiger partial charge on any atom is 0.129 e. The molecule has 1 aromatic carbocycles. The van der Waals surface area contributed by atoms with Gasteiger partial charge in [0.15, 0.2) is 0 Å². The van der Waals surface area contributed by atoms with E-state index in [0.717, 1.165) is 30.3 Å². The minimum atomic E-state index is -0.240. The molecule has 2 aliphatic rings. The van der Waals surface area contributed by atoms with Crippen molar-refractivity contribution < 1.29 is 13.9 Å². The Morgan fingerprint density at radius 2 is 2.29 bits per heavy atom. The highest BCUT2D eigenvalue weighted by molar-refractivity contribution is 9.10. The fourth-order valence-corrected chi connectivity index (χ4v) is 4.07. The van der Waals surface area contributed by atoms with E-state index in [-0.39, 0.29) is 23.4 Å². The summed E-state index contributed by atoms with van der Waals surface area (Å²) in [6, 6.07) is 4.77. The van der Waals surface area contributed by atoms with Crippen molar-refractivity contribution in [1.82, 2.24) is 5.43 Å². The Kier molecular flexibility index (Phi) is 4.61. The molecule has 6 heteroatoms. The van der Waals surface area contributed by atoms with Gasteiger partial charge in [-0.15, -0.1) is 0 Å². The average Bonchev–Trinajstić information content (AvgIpc) is 2.91. The highest BCUT2D eigenvalue weighted by atomic mass is 79.9. The maximum absolute atomic E-state index is 14.2. The number of halogens is 2. The Bertz CT molecular complexity index is 488. The summed E-state index contributed by atoms with van der Waals surface area (Å²) < 4.78 is 26.4. The largest absolute Gasteiger partial charge is 0.378 e. The summed E-state index contributed by atoms with van der Waals surface area (Å²) in [6.07, 6.45) is 2.60. The molecule has 3 N–H and O–H groups in total. The molecule has 21 heavy (non-hydrogen) atoms. The first-order chi connectivity index (χ1) is 10.2. The van der Waals surface area contributed by atoms with Crippen LogP contribution < -0.4 is 11.3 Å². The van der Waals surface area contributed by atoms with Gasteiger partial charge in [0.2, 0.25) is 0 Å². The van der Waals surface area contributed by atoms with Gasteiger partial charge in [-0.05, 0) is 30.9 Å². The first-order valence-corrected chi connectivity index (χ1v) is 8.06. The number of ether oxygens (including phenoxy) is 2. The predicted octanol–water partition coefficient (Wildman–Crippen LogP) is 2.68. The van der Waals surface area contributed by atoms with Crippen LogP contribution in [0.4, 0.5) is 4.39 Å². The Morgan fingerprint density at radius 3 is 2.95 bits per heavy atom. The van der Waals surface area contributed by atoms with Crippen LogP contribution >= 0.6 is 15.9 Å². The van der Waals surface area contributed by atoms with Gasteiger partial charge >= 0.3 is 0 Å². The minimum Gasteiger partial charge on any atom is -0.378 e. The smallest absolute Gasteiger partial charge is 0.129 e. The first kappa shape index (κ1) is 15.4. The van der Waals surface area contributed by atoms with Gasteiger partial charge in [-0.2, -0.15) is 0 Å². The highest BCUT2D eigenvalue weighted by Gasteiger charge is 2.43. The number of rotatable bonds is 3. The summed E-state index contributed by atoms with van der Waals surface area (Å²) in [5, 5.41) is 0. The number of hydrogen-bond donors (Lipinski definition) is 2. The van der Waals surface area contributed by atoms with Crippen LogP contribution in [0.1, 0.15) is 30.9 Å². The molecule has 2 saturated heterocycles. The Balaban J connectivity index is 1.86. The van der Waals surface area contributed by atoms with Gasteiger partial charge in [0.1, 0.15) is 5.82 Å². The lowest BCUT2D eigenvalue weighted by molar-refractivity contribution is -0.103. The Morgan fingerprint density at radius 1 is 1.43 bits per heavy atom. The molecule has 0 radical (unpaired) electrons. The average molecular weight is 359 g/mol. The third-order valence-electron chi connectivity index (χ3n) is 4.56. The summed E-state index contributed by atoms with van der Waals surface area (Å²) >= 11 is 3.44. The van der Waals surface area contributed by atoms with Gasteiger partial charge in [-0.25, -0.2) is 4.39 Å². The summed E-state index contributed by atoms with van der Waals surface area (Å²) in [7, 11) is 0. The van der Waals surface area contributed by atoms with E-state index in [1.165, 1.54) is 6.07 Å². The molecule has 2 fully saturated rings. The molecule has 2 heterocycles. The molecular formula is C15H20BrFN2O2. The Labute approximate surface area is 132 Å². The lowest BCUT2D eigenvalue weighted by Gasteiger charge is -2.40. The zero-order valence-electron chi connectivity index (χ0n) is 11.8. The van der Waals surface area contributed by atoms with Crippen LogP contribution in [0.2, 0.25) is 0 Å². The van der Waals surface area contributed by atoms with Crippen molar-refractivity contribution in [3.63, 3.8) is 0 Å². The molecular weight excluding hydrogens is 339 g/mol. The number of hydrazine groups is 1. The zero-order valence-corrected chi connectivity index (χ0v) is 13.4. The maximum atomic E-state index is 14.2. The third kappa shape index (κ3) is 3.00.